The summed E-state index contributed by atoms with van der Waals surface area (Å²) in [5.41, 5.74) is 4.12. The van der Waals surface area contributed by atoms with Crippen molar-refractivity contribution in [1.29, 1.82) is 0 Å². The zero-order chi connectivity index (χ0) is 25.0. The van der Waals surface area contributed by atoms with Gasteiger partial charge in [-0.25, -0.2) is 0 Å². The number of carbonyl (C=O) groups excluding carboxylic acids is 2. The Balaban J connectivity index is 1.20. The minimum Gasteiger partial charge on any atom is -0.493 e. The van der Waals surface area contributed by atoms with Crippen molar-refractivity contribution in [2.75, 3.05) is 23.8 Å². The van der Waals surface area contributed by atoms with Gasteiger partial charge in [0.2, 0.25) is 5.91 Å². The molecule has 0 aliphatic carbocycles. The molecule has 6 nitrogen and oxygen atoms in total. The molecule has 0 unspecified atom stereocenters. The van der Waals surface area contributed by atoms with Gasteiger partial charge < -0.3 is 20.7 Å². The lowest BCUT2D eigenvalue weighted by Crippen LogP contribution is -2.24. The number of carbonyl (C=O) groups is 2. The molecule has 0 aromatic heterocycles. The highest BCUT2D eigenvalue weighted by Gasteiger charge is 2.08. The van der Waals surface area contributed by atoms with E-state index in [0.29, 0.717) is 24.4 Å². The molecule has 0 aliphatic rings. The van der Waals surface area contributed by atoms with Crippen LogP contribution in [0.15, 0.2) is 109 Å². The summed E-state index contributed by atoms with van der Waals surface area (Å²) in [5.74, 6) is 0.377. The molecule has 0 heterocycles. The first kappa shape index (κ1) is 24.5. The minimum atomic E-state index is -0.208. The van der Waals surface area contributed by atoms with Crippen LogP contribution in [0.3, 0.4) is 0 Å². The van der Waals surface area contributed by atoms with Crippen molar-refractivity contribution in [1.82, 2.24) is 5.32 Å². The number of rotatable bonds is 11. The van der Waals surface area contributed by atoms with Crippen LogP contribution in [0.1, 0.15) is 21.5 Å². The molecule has 0 saturated carbocycles. The molecule has 4 aromatic rings. The smallest absolute Gasteiger partial charge is 0.251 e. The van der Waals surface area contributed by atoms with E-state index < -0.39 is 0 Å². The van der Waals surface area contributed by atoms with Crippen LogP contribution >= 0.6 is 0 Å². The predicted molar refractivity (Wildman–Crippen MR) is 143 cm³/mol. The van der Waals surface area contributed by atoms with Crippen LogP contribution in [0.25, 0.3) is 0 Å². The lowest BCUT2D eigenvalue weighted by atomic mass is 10.1. The maximum absolute atomic E-state index is 12.5. The Morgan fingerprint density at radius 1 is 0.694 bits per heavy atom. The quantitative estimate of drug-likeness (QED) is 0.273. The van der Waals surface area contributed by atoms with Crippen LogP contribution in [0, 0.1) is 0 Å². The SMILES string of the molecule is O=C(CNc1ccc(OCCc2ccccc2)cc1)Nc1cccc(C(=O)NCc2ccccc2)c1. The topological polar surface area (TPSA) is 79.5 Å². The molecule has 0 spiro atoms. The first-order chi connectivity index (χ1) is 17.7. The summed E-state index contributed by atoms with van der Waals surface area (Å²) in [6.45, 7) is 1.14. The van der Waals surface area contributed by atoms with Gasteiger partial charge in [-0.15, -0.1) is 0 Å². The van der Waals surface area contributed by atoms with Gasteiger partial charge in [0.1, 0.15) is 5.75 Å². The average molecular weight is 480 g/mol. The second-order valence-electron chi connectivity index (χ2n) is 8.26. The number of hydrogen-bond donors (Lipinski definition) is 3. The highest BCUT2D eigenvalue weighted by molar-refractivity contribution is 5.98. The Bertz CT molecular complexity index is 1260. The Kier molecular flexibility index (Phi) is 8.70. The van der Waals surface area contributed by atoms with Gasteiger partial charge in [0.25, 0.3) is 5.91 Å². The fourth-order valence-corrected chi connectivity index (χ4v) is 3.61. The van der Waals surface area contributed by atoms with Crippen molar-refractivity contribution in [3.63, 3.8) is 0 Å². The number of benzene rings is 4. The summed E-state index contributed by atoms with van der Waals surface area (Å²) in [7, 11) is 0. The van der Waals surface area contributed by atoms with Crippen LogP contribution in [-0.4, -0.2) is 25.0 Å². The minimum absolute atomic E-state index is 0.0959. The highest BCUT2D eigenvalue weighted by Crippen LogP contribution is 2.16. The summed E-state index contributed by atoms with van der Waals surface area (Å²) < 4.78 is 5.80. The van der Waals surface area contributed by atoms with Gasteiger partial charge in [-0.1, -0.05) is 66.7 Å². The average Bonchev–Trinajstić information content (AvgIpc) is 2.92. The van der Waals surface area contributed by atoms with Crippen molar-refractivity contribution >= 4 is 23.2 Å². The van der Waals surface area contributed by atoms with Crippen LogP contribution in [0.4, 0.5) is 11.4 Å². The molecule has 4 rings (SSSR count). The Labute approximate surface area is 211 Å². The molecule has 3 N–H and O–H groups in total. The third-order valence-electron chi connectivity index (χ3n) is 5.51. The normalized spacial score (nSPS) is 10.3. The van der Waals surface area contributed by atoms with E-state index in [2.05, 4.69) is 28.1 Å². The van der Waals surface area contributed by atoms with Crippen LogP contribution in [-0.2, 0) is 17.8 Å². The number of amides is 2. The summed E-state index contributed by atoms with van der Waals surface area (Å²) in [6, 6.07) is 34.3. The molecule has 0 atom stereocenters. The predicted octanol–water partition coefficient (Wildman–Crippen LogP) is 5.29. The van der Waals surface area contributed by atoms with E-state index in [-0.39, 0.29) is 18.4 Å². The van der Waals surface area contributed by atoms with E-state index in [1.54, 1.807) is 24.3 Å². The van der Waals surface area contributed by atoms with E-state index in [0.717, 1.165) is 23.4 Å². The van der Waals surface area contributed by atoms with Gasteiger partial charge >= 0.3 is 0 Å². The molecule has 36 heavy (non-hydrogen) atoms. The van der Waals surface area contributed by atoms with Crippen molar-refractivity contribution < 1.29 is 14.3 Å². The zero-order valence-corrected chi connectivity index (χ0v) is 19.9. The molecule has 0 aliphatic heterocycles. The Morgan fingerprint density at radius 3 is 2.11 bits per heavy atom. The largest absolute Gasteiger partial charge is 0.493 e. The first-order valence-electron chi connectivity index (χ1n) is 11.9. The molecule has 2 amide bonds. The molecule has 0 fully saturated rings. The monoisotopic (exact) mass is 479 g/mol. The lowest BCUT2D eigenvalue weighted by molar-refractivity contribution is -0.114. The second-order valence-corrected chi connectivity index (χ2v) is 8.26. The number of hydrogen-bond acceptors (Lipinski definition) is 4. The van der Waals surface area contributed by atoms with Crippen molar-refractivity contribution in [3.8, 4) is 5.75 Å². The number of ether oxygens (including phenoxy) is 1. The molecule has 6 heteroatoms. The zero-order valence-electron chi connectivity index (χ0n) is 19.9. The molecular formula is C30H29N3O3. The van der Waals surface area contributed by atoms with Gasteiger partial charge in [0, 0.05) is 29.9 Å². The lowest BCUT2D eigenvalue weighted by Gasteiger charge is -2.11. The van der Waals surface area contributed by atoms with E-state index >= 15 is 0 Å². The van der Waals surface area contributed by atoms with Gasteiger partial charge in [0.05, 0.1) is 13.2 Å². The van der Waals surface area contributed by atoms with Crippen LogP contribution < -0.4 is 20.7 Å². The van der Waals surface area contributed by atoms with Crippen molar-refractivity contribution in [2.24, 2.45) is 0 Å². The molecular weight excluding hydrogens is 450 g/mol. The van der Waals surface area contributed by atoms with Gasteiger partial charge in [0.15, 0.2) is 0 Å². The molecule has 0 saturated heterocycles. The molecule has 0 radical (unpaired) electrons. The van der Waals surface area contributed by atoms with Gasteiger partial charge in [-0.2, -0.15) is 0 Å². The Morgan fingerprint density at radius 2 is 1.39 bits per heavy atom. The fraction of sp³-hybridized carbons (Fsp3) is 0.133. The number of anilines is 2. The molecule has 182 valence electrons. The summed E-state index contributed by atoms with van der Waals surface area (Å²) >= 11 is 0. The third kappa shape index (κ3) is 7.74. The van der Waals surface area contributed by atoms with E-state index in [1.165, 1.54) is 5.56 Å². The fourth-order valence-electron chi connectivity index (χ4n) is 3.61. The summed E-state index contributed by atoms with van der Waals surface area (Å²) in [5, 5.41) is 8.83. The van der Waals surface area contributed by atoms with Crippen molar-refractivity contribution in [3.05, 3.63) is 126 Å². The first-order valence-corrected chi connectivity index (χ1v) is 11.9. The van der Waals surface area contributed by atoms with Gasteiger partial charge in [-0.3, -0.25) is 9.59 Å². The van der Waals surface area contributed by atoms with E-state index in [9.17, 15) is 9.59 Å². The molecule has 0 bridgehead atoms. The maximum Gasteiger partial charge on any atom is 0.251 e. The van der Waals surface area contributed by atoms with Crippen LogP contribution in [0.2, 0.25) is 0 Å². The summed E-state index contributed by atoms with van der Waals surface area (Å²) in [6.07, 6.45) is 0.844. The van der Waals surface area contributed by atoms with E-state index in [4.69, 9.17) is 4.74 Å². The maximum atomic E-state index is 12.5. The molecule has 4 aromatic carbocycles. The van der Waals surface area contributed by atoms with E-state index in [1.807, 2.05) is 72.8 Å². The standard InChI is InChI=1S/C30H29N3O3/c34-29(22-31-26-14-16-28(17-15-26)36-19-18-23-8-3-1-4-9-23)33-27-13-7-12-25(20-27)30(35)32-21-24-10-5-2-6-11-24/h1-17,20,31H,18-19,21-22H2,(H,32,35)(H,33,34). The number of nitrogens with one attached hydrogen (secondary N) is 3. The van der Waals surface area contributed by atoms with Crippen LogP contribution in [0.5, 0.6) is 5.75 Å². The third-order valence-corrected chi connectivity index (χ3v) is 5.51. The van der Waals surface area contributed by atoms with Gasteiger partial charge in [-0.05, 0) is 53.6 Å². The van der Waals surface area contributed by atoms with Crippen molar-refractivity contribution in [2.45, 2.75) is 13.0 Å². The summed E-state index contributed by atoms with van der Waals surface area (Å²) in [4.78, 5) is 24.9. The second kappa shape index (κ2) is 12.8. The highest BCUT2D eigenvalue weighted by atomic mass is 16.5. The Hall–Kier alpha value is -4.58.